The minimum absolute atomic E-state index is 0.145. The van der Waals surface area contributed by atoms with Crippen LogP contribution in [0.1, 0.15) is 17.3 Å². The van der Waals surface area contributed by atoms with Gasteiger partial charge in [-0.05, 0) is 6.92 Å². The number of benzene rings is 1. The van der Waals surface area contributed by atoms with Gasteiger partial charge < -0.3 is 0 Å². The van der Waals surface area contributed by atoms with Crippen LogP contribution >= 0.6 is 0 Å². The zero-order valence-electron chi connectivity index (χ0n) is 7.79. The second-order valence-electron chi connectivity index (χ2n) is 3.33. The largest absolute Gasteiger partial charge is 0.295 e. The predicted octanol–water partition coefficient (Wildman–Crippen LogP) is 1.58. The molecule has 64 valence electrons. The summed E-state index contributed by atoms with van der Waals surface area (Å²) in [6, 6.07) is 8.00. The number of hydrogen-bond acceptors (Lipinski definition) is 1. The molecule has 0 atom stereocenters. The monoisotopic (exact) mass is 178 g/mol. The van der Waals surface area contributed by atoms with Crippen LogP contribution in [-0.2, 0) is 0 Å². The number of carbonyl (C=O) groups is 1. The lowest BCUT2D eigenvalue weighted by Crippen LogP contribution is -2.22. The lowest BCUT2D eigenvalue weighted by atomic mass is 10.2. The highest BCUT2D eigenvalue weighted by Gasteiger charge is 2.01. The van der Waals surface area contributed by atoms with Crippen LogP contribution in [0.5, 0.6) is 0 Å². The highest BCUT2D eigenvalue weighted by molar-refractivity contribution is 6.70. The summed E-state index contributed by atoms with van der Waals surface area (Å²) in [6.07, 6.45) is 0. The van der Waals surface area contributed by atoms with Gasteiger partial charge in [-0.15, -0.1) is 0 Å². The summed E-state index contributed by atoms with van der Waals surface area (Å²) in [5, 5.41) is 1.42. The van der Waals surface area contributed by atoms with Crippen molar-refractivity contribution in [2.45, 2.75) is 20.0 Å². The van der Waals surface area contributed by atoms with Crippen molar-refractivity contribution in [2.24, 2.45) is 0 Å². The number of carbonyl (C=O) groups excluding carboxylic acids is 1. The van der Waals surface area contributed by atoms with Gasteiger partial charge in [0.05, 0.1) is 8.80 Å². The number of hydrogen-bond donors (Lipinski definition) is 0. The molecule has 0 heterocycles. The van der Waals surface area contributed by atoms with Crippen molar-refractivity contribution in [2.75, 3.05) is 0 Å². The Morgan fingerprint density at radius 1 is 1.17 bits per heavy atom. The molecule has 0 amide bonds. The van der Waals surface area contributed by atoms with Crippen LogP contribution in [0.15, 0.2) is 24.3 Å². The van der Waals surface area contributed by atoms with E-state index in [1.54, 1.807) is 6.92 Å². The van der Waals surface area contributed by atoms with E-state index in [-0.39, 0.29) is 5.78 Å². The molecule has 0 aliphatic rings. The number of ketones is 1. The molecule has 0 aromatic heterocycles. The van der Waals surface area contributed by atoms with E-state index < -0.39 is 8.80 Å². The van der Waals surface area contributed by atoms with E-state index in [2.05, 4.69) is 25.2 Å². The maximum atomic E-state index is 10.9. The third-order valence-corrected chi connectivity index (χ3v) is 3.70. The van der Waals surface area contributed by atoms with E-state index in [4.69, 9.17) is 0 Å². The zero-order valence-corrected chi connectivity index (χ0v) is 8.95. The Balaban J connectivity index is 2.93. The third kappa shape index (κ3) is 2.05. The van der Waals surface area contributed by atoms with E-state index in [9.17, 15) is 4.79 Å². The molecule has 1 rings (SSSR count). The van der Waals surface area contributed by atoms with E-state index in [0.717, 1.165) is 5.56 Å². The van der Waals surface area contributed by atoms with Crippen molar-refractivity contribution in [3.8, 4) is 0 Å². The smallest absolute Gasteiger partial charge is 0.159 e. The van der Waals surface area contributed by atoms with Crippen molar-refractivity contribution in [1.29, 1.82) is 0 Å². The van der Waals surface area contributed by atoms with Gasteiger partial charge in [-0.2, -0.15) is 0 Å². The molecular weight excluding hydrogens is 164 g/mol. The summed E-state index contributed by atoms with van der Waals surface area (Å²) >= 11 is 0. The highest BCUT2D eigenvalue weighted by Crippen LogP contribution is 1.98. The SMILES string of the molecule is CC(=O)c1ccc([SiH](C)C)cc1. The van der Waals surface area contributed by atoms with Crippen molar-refractivity contribution in [3.63, 3.8) is 0 Å². The minimum atomic E-state index is -0.692. The fraction of sp³-hybridized carbons (Fsp3) is 0.300. The van der Waals surface area contributed by atoms with Gasteiger partial charge in [0.1, 0.15) is 0 Å². The molecule has 0 fully saturated rings. The molecule has 12 heavy (non-hydrogen) atoms. The summed E-state index contributed by atoms with van der Waals surface area (Å²) in [4.78, 5) is 10.9. The van der Waals surface area contributed by atoms with Gasteiger partial charge in [-0.3, -0.25) is 4.79 Å². The Bertz CT molecular complexity index is 274. The first kappa shape index (κ1) is 9.20. The maximum Gasteiger partial charge on any atom is 0.159 e. The molecule has 1 nitrogen and oxygen atoms in total. The Hall–Kier alpha value is -0.893. The summed E-state index contributed by atoms with van der Waals surface area (Å²) in [7, 11) is -0.692. The molecule has 0 unspecified atom stereocenters. The molecule has 0 aliphatic carbocycles. The predicted molar refractivity (Wildman–Crippen MR) is 55.0 cm³/mol. The van der Waals surface area contributed by atoms with Crippen LogP contribution in [0, 0.1) is 0 Å². The lowest BCUT2D eigenvalue weighted by Gasteiger charge is -2.03. The van der Waals surface area contributed by atoms with Crippen LogP contribution < -0.4 is 5.19 Å². The molecule has 0 N–H and O–H groups in total. The van der Waals surface area contributed by atoms with E-state index >= 15 is 0 Å². The lowest BCUT2D eigenvalue weighted by molar-refractivity contribution is 0.101. The fourth-order valence-electron chi connectivity index (χ4n) is 1.10. The van der Waals surface area contributed by atoms with Crippen LogP contribution in [0.3, 0.4) is 0 Å². The first-order valence-electron chi connectivity index (χ1n) is 4.22. The van der Waals surface area contributed by atoms with Crippen molar-refractivity contribution >= 4 is 19.8 Å². The van der Waals surface area contributed by atoms with Crippen molar-refractivity contribution < 1.29 is 4.79 Å². The minimum Gasteiger partial charge on any atom is -0.295 e. The molecule has 0 saturated carbocycles. The van der Waals surface area contributed by atoms with Gasteiger partial charge in [0, 0.05) is 5.56 Å². The van der Waals surface area contributed by atoms with Crippen LogP contribution in [0.2, 0.25) is 13.1 Å². The van der Waals surface area contributed by atoms with Crippen LogP contribution in [-0.4, -0.2) is 14.6 Å². The zero-order chi connectivity index (χ0) is 9.14. The van der Waals surface area contributed by atoms with Crippen LogP contribution in [0.4, 0.5) is 0 Å². The van der Waals surface area contributed by atoms with E-state index in [1.807, 2.05) is 12.1 Å². The standard InChI is InChI=1S/C10H14OSi/c1-8(11)9-4-6-10(7-5-9)12(2)3/h4-7,12H,1-3H3. The van der Waals surface area contributed by atoms with Crippen molar-refractivity contribution in [3.05, 3.63) is 29.8 Å². The number of Topliss-reactive ketones (excluding diaryl/α,β-unsaturated/α-hetero) is 1. The third-order valence-electron chi connectivity index (χ3n) is 1.98. The van der Waals surface area contributed by atoms with Gasteiger partial charge in [-0.1, -0.05) is 42.5 Å². The van der Waals surface area contributed by atoms with E-state index in [0.29, 0.717) is 0 Å². The van der Waals surface area contributed by atoms with Gasteiger partial charge in [-0.25, -0.2) is 0 Å². The number of rotatable bonds is 2. The molecule has 1 aromatic carbocycles. The van der Waals surface area contributed by atoms with Gasteiger partial charge in [0.15, 0.2) is 5.78 Å². The topological polar surface area (TPSA) is 17.1 Å². The summed E-state index contributed by atoms with van der Waals surface area (Å²) in [5.41, 5.74) is 0.813. The Morgan fingerprint density at radius 3 is 2.00 bits per heavy atom. The highest BCUT2D eigenvalue weighted by atomic mass is 28.3. The van der Waals surface area contributed by atoms with E-state index in [1.165, 1.54) is 5.19 Å². The molecule has 0 radical (unpaired) electrons. The molecule has 0 spiro atoms. The normalized spacial score (nSPS) is 10.3. The summed E-state index contributed by atoms with van der Waals surface area (Å²) < 4.78 is 0. The maximum absolute atomic E-state index is 10.9. The Morgan fingerprint density at radius 2 is 1.67 bits per heavy atom. The van der Waals surface area contributed by atoms with Crippen LogP contribution in [0.25, 0.3) is 0 Å². The average Bonchev–Trinajstić information content (AvgIpc) is 2.04. The first-order chi connectivity index (χ1) is 5.61. The second-order valence-corrected chi connectivity index (χ2v) is 6.31. The molecule has 1 aromatic rings. The summed E-state index contributed by atoms with van der Waals surface area (Å²) in [5.74, 6) is 0.145. The van der Waals surface area contributed by atoms with Gasteiger partial charge >= 0.3 is 0 Å². The average molecular weight is 178 g/mol. The quantitative estimate of drug-likeness (QED) is 0.496. The molecular formula is C10H14OSi. The molecule has 0 bridgehead atoms. The molecule has 2 heteroatoms. The summed E-state index contributed by atoms with van der Waals surface area (Å²) in [6.45, 7) is 6.16. The second kappa shape index (κ2) is 3.67. The van der Waals surface area contributed by atoms with Crippen molar-refractivity contribution in [1.82, 2.24) is 0 Å². The van der Waals surface area contributed by atoms with Gasteiger partial charge in [0.25, 0.3) is 0 Å². The molecule has 0 aliphatic heterocycles. The Labute approximate surface area is 75.0 Å². The molecule has 0 saturated heterocycles. The Kier molecular flexibility index (Phi) is 2.81. The fourth-order valence-corrected chi connectivity index (χ4v) is 2.06. The first-order valence-corrected chi connectivity index (χ1v) is 7.11. The van der Waals surface area contributed by atoms with Gasteiger partial charge in [0.2, 0.25) is 0 Å².